The normalized spacial score (nSPS) is 9.92. The van der Waals surface area contributed by atoms with Crippen LogP contribution in [-0.2, 0) is 6.42 Å². The summed E-state index contributed by atoms with van der Waals surface area (Å²) >= 11 is 0. The van der Waals surface area contributed by atoms with Crippen LogP contribution in [0.25, 0.3) is 0 Å². The van der Waals surface area contributed by atoms with Crippen molar-refractivity contribution in [1.29, 1.82) is 0 Å². The van der Waals surface area contributed by atoms with Gasteiger partial charge in [0.1, 0.15) is 5.82 Å². The van der Waals surface area contributed by atoms with Crippen LogP contribution in [0, 0.1) is 0 Å². The van der Waals surface area contributed by atoms with Crippen molar-refractivity contribution >= 4 is 5.82 Å². The van der Waals surface area contributed by atoms with Gasteiger partial charge in [-0.25, -0.2) is 4.98 Å². The van der Waals surface area contributed by atoms with E-state index in [1.807, 2.05) is 12.1 Å². The van der Waals surface area contributed by atoms with Gasteiger partial charge in [0.2, 0.25) is 0 Å². The molecule has 0 bridgehead atoms. The van der Waals surface area contributed by atoms with Gasteiger partial charge in [-0.1, -0.05) is 5.57 Å². The van der Waals surface area contributed by atoms with Gasteiger partial charge >= 0.3 is 0 Å². The highest BCUT2D eigenvalue weighted by atomic mass is 14.8. The lowest BCUT2D eigenvalue weighted by Crippen LogP contribution is -1.92. The SMILES string of the molecule is C=C(C)CCCc1ccnc(N)c1. The van der Waals surface area contributed by atoms with Gasteiger partial charge in [0.15, 0.2) is 0 Å². The van der Waals surface area contributed by atoms with Crippen molar-refractivity contribution in [3.63, 3.8) is 0 Å². The number of hydrogen-bond acceptors (Lipinski definition) is 2. The Balaban J connectivity index is 2.41. The van der Waals surface area contributed by atoms with Gasteiger partial charge in [0, 0.05) is 6.20 Å². The fraction of sp³-hybridized carbons (Fsp3) is 0.364. The minimum absolute atomic E-state index is 0.604. The van der Waals surface area contributed by atoms with Gasteiger partial charge in [-0.3, -0.25) is 0 Å². The molecule has 0 unspecified atom stereocenters. The van der Waals surface area contributed by atoms with Crippen molar-refractivity contribution in [3.05, 3.63) is 36.0 Å². The van der Waals surface area contributed by atoms with E-state index in [-0.39, 0.29) is 0 Å². The number of aryl methyl sites for hydroxylation is 1. The number of rotatable bonds is 4. The zero-order chi connectivity index (χ0) is 9.68. The van der Waals surface area contributed by atoms with Crippen molar-refractivity contribution in [2.75, 3.05) is 5.73 Å². The second-order valence-electron chi connectivity index (χ2n) is 3.40. The fourth-order valence-electron chi connectivity index (χ4n) is 1.24. The molecular weight excluding hydrogens is 160 g/mol. The Morgan fingerprint density at radius 2 is 2.38 bits per heavy atom. The third-order valence-corrected chi connectivity index (χ3v) is 1.91. The van der Waals surface area contributed by atoms with Crippen molar-refractivity contribution in [2.45, 2.75) is 26.2 Å². The minimum atomic E-state index is 0.604. The highest BCUT2D eigenvalue weighted by Gasteiger charge is 1.94. The summed E-state index contributed by atoms with van der Waals surface area (Å²) in [6.45, 7) is 5.92. The second-order valence-corrected chi connectivity index (χ2v) is 3.40. The Labute approximate surface area is 79.5 Å². The van der Waals surface area contributed by atoms with E-state index in [0.29, 0.717) is 5.82 Å². The lowest BCUT2D eigenvalue weighted by molar-refractivity contribution is 0.813. The summed E-state index contributed by atoms with van der Waals surface area (Å²) in [7, 11) is 0. The Kier molecular flexibility index (Phi) is 3.50. The Bertz CT molecular complexity index is 292. The van der Waals surface area contributed by atoms with E-state index < -0.39 is 0 Å². The van der Waals surface area contributed by atoms with E-state index in [4.69, 9.17) is 5.73 Å². The molecule has 0 aliphatic rings. The molecule has 0 spiro atoms. The number of nitrogens with zero attached hydrogens (tertiary/aromatic N) is 1. The van der Waals surface area contributed by atoms with Crippen molar-refractivity contribution < 1.29 is 0 Å². The average Bonchev–Trinajstić information content (AvgIpc) is 2.03. The molecule has 1 aromatic heterocycles. The van der Waals surface area contributed by atoms with Crippen molar-refractivity contribution in [1.82, 2.24) is 4.98 Å². The highest BCUT2D eigenvalue weighted by Crippen LogP contribution is 2.09. The Hall–Kier alpha value is -1.31. The molecule has 0 fully saturated rings. The summed E-state index contributed by atoms with van der Waals surface area (Å²) in [5.41, 5.74) is 8.06. The first-order valence-corrected chi connectivity index (χ1v) is 4.53. The summed E-state index contributed by atoms with van der Waals surface area (Å²) in [4.78, 5) is 3.94. The monoisotopic (exact) mass is 176 g/mol. The second kappa shape index (κ2) is 4.65. The lowest BCUT2D eigenvalue weighted by Gasteiger charge is -2.01. The van der Waals surface area contributed by atoms with Crippen LogP contribution >= 0.6 is 0 Å². The molecule has 1 rings (SSSR count). The molecule has 0 saturated carbocycles. The van der Waals surface area contributed by atoms with Gasteiger partial charge in [-0.15, -0.1) is 6.58 Å². The number of aromatic nitrogens is 1. The number of anilines is 1. The van der Waals surface area contributed by atoms with Crippen LogP contribution in [0.15, 0.2) is 30.5 Å². The van der Waals surface area contributed by atoms with Crippen LogP contribution in [-0.4, -0.2) is 4.98 Å². The molecule has 2 heteroatoms. The summed E-state index contributed by atoms with van der Waals surface area (Å²) in [5.74, 6) is 0.604. The maximum Gasteiger partial charge on any atom is 0.123 e. The van der Waals surface area contributed by atoms with Gasteiger partial charge in [0.05, 0.1) is 0 Å². The third-order valence-electron chi connectivity index (χ3n) is 1.91. The molecule has 0 saturated heterocycles. The number of nitrogen functional groups attached to an aromatic ring is 1. The highest BCUT2D eigenvalue weighted by molar-refractivity contribution is 5.31. The summed E-state index contributed by atoms with van der Waals surface area (Å²) in [6, 6.07) is 3.94. The Morgan fingerprint density at radius 1 is 1.62 bits per heavy atom. The first-order valence-electron chi connectivity index (χ1n) is 4.53. The van der Waals surface area contributed by atoms with Crippen LogP contribution in [0.3, 0.4) is 0 Å². The predicted octanol–water partition coefficient (Wildman–Crippen LogP) is 2.56. The standard InChI is InChI=1S/C11H16N2/c1-9(2)4-3-5-10-6-7-13-11(12)8-10/h6-8H,1,3-5H2,2H3,(H2,12,13). The van der Waals surface area contributed by atoms with Crippen molar-refractivity contribution in [2.24, 2.45) is 0 Å². The molecule has 0 amide bonds. The van der Waals surface area contributed by atoms with E-state index in [0.717, 1.165) is 19.3 Å². The third kappa shape index (κ3) is 3.74. The topological polar surface area (TPSA) is 38.9 Å². The average molecular weight is 176 g/mol. The molecule has 13 heavy (non-hydrogen) atoms. The van der Waals surface area contributed by atoms with Crippen LogP contribution in [0.5, 0.6) is 0 Å². The smallest absolute Gasteiger partial charge is 0.123 e. The molecule has 70 valence electrons. The molecule has 0 aliphatic heterocycles. The number of hydrogen-bond donors (Lipinski definition) is 1. The van der Waals surface area contributed by atoms with Gasteiger partial charge in [0.25, 0.3) is 0 Å². The molecular formula is C11H16N2. The van der Waals surface area contributed by atoms with E-state index in [1.165, 1.54) is 11.1 Å². The predicted molar refractivity (Wildman–Crippen MR) is 56.4 cm³/mol. The van der Waals surface area contributed by atoms with E-state index in [9.17, 15) is 0 Å². The summed E-state index contributed by atoms with van der Waals surface area (Å²) < 4.78 is 0. The number of pyridine rings is 1. The van der Waals surface area contributed by atoms with Gasteiger partial charge < -0.3 is 5.73 Å². The molecule has 0 radical (unpaired) electrons. The van der Waals surface area contributed by atoms with Crippen LogP contribution in [0.1, 0.15) is 25.3 Å². The zero-order valence-corrected chi connectivity index (χ0v) is 8.09. The quantitative estimate of drug-likeness (QED) is 0.716. The largest absolute Gasteiger partial charge is 0.384 e. The molecule has 1 aromatic rings. The van der Waals surface area contributed by atoms with Gasteiger partial charge in [-0.2, -0.15) is 0 Å². The number of allylic oxidation sites excluding steroid dienone is 1. The minimum Gasteiger partial charge on any atom is -0.384 e. The zero-order valence-electron chi connectivity index (χ0n) is 8.09. The summed E-state index contributed by atoms with van der Waals surface area (Å²) in [5, 5.41) is 0. The maximum atomic E-state index is 5.56. The van der Waals surface area contributed by atoms with Crippen LogP contribution in [0.4, 0.5) is 5.82 Å². The molecule has 1 heterocycles. The lowest BCUT2D eigenvalue weighted by atomic mass is 10.1. The molecule has 0 aromatic carbocycles. The van der Waals surface area contributed by atoms with Crippen LogP contribution in [0.2, 0.25) is 0 Å². The first-order chi connectivity index (χ1) is 6.18. The van der Waals surface area contributed by atoms with E-state index in [1.54, 1.807) is 6.20 Å². The fourth-order valence-corrected chi connectivity index (χ4v) is 1.24. The van der Waals surface area contributed by atoms with Crippen molar-refractivity contribution in [3.8, 4) is 0 Å². The number of nitrogens with two attached hydrogens (primary N) is 1. The van der Waals surface area contributed by atoms with E-state index in [2.05, 4.69) is 18.5 Å². The van der Waals surface area contributed by atoms with Crippen LogP contribution < -0.4 is 5.73 Å². The Morgan fingerprint density at radius 3 is 3.00 bits per heavy atom. The molecule has 2 N–H and O–H groups in total. The maximum absolute atomic E-state index is 5.56. The molecule has 0 atom stereocenters. The summed E-state index contributed by atoms with van der Waals surface area (Å²) in [6.07, 6.45) is 5.03. The first kappa shape index (κ1) is 9.78. The molecule has 2 nitrogen and oxygen atoms in total. The molecule has 0 aliphatic carbocycles. The van der Waals surface area contributed by atoms with E-state index >= 15 is 0 Å². The van der Waals surface area contributed by atoms with Gasteiger partial charge in [-0.05, 0) is 43.9 Å².